The van der Waals surface area contributed by atoms with Crippen LogP contribution in [-0.4, -0.2) is 5.71 Å². The van der Waals surface area contributed by atoms with E-state index in [1.165, 1.54) is 16.7 Å². The summed E-state index contributed by atoms with van der Waals surface area (Å²) in [5.74, 6) is 0. The quantitative estimate of drug-likeness (QED) is 0.636. The highest BCUT2D eigenvalue weighted by molar-refractivity contribution is 6.03. The predicted octanol–water partition coefficient (Wildman–Crippen LogP) is 5.35. The number of aryl methyl sites for hydroxylation is 1. The van der Waals surface area contributed by atoms with Crippen molar-refractivity contribution in [3.63, 3.8) is 0 Å². The molecule has 0 saturated carbocycles. The highest BCUT2D eigenvalue weighted by Crippen LogP contribution is 2.36. The maximum absolute atomic E-state index is 4.96. The van der Waals surface area contributed by atoms with Crippen LogP contribution < -0.4 is 5.01 Å². The smallest absolute Gasteiger partial charge is 0.0831 e. The average Bonchev–Trinajstić information content (AvgIpc) is 3.09. The molecule has 2 nitrogen and oxygen atoms in total. The topological polar surface area (TPSA) is 15.6 Å². The summed E-state index contributed by atoms with van der Waals surface area (Å²) in [6, 6.07) is 29.9. The fourth-order valence-corrected chi connectivity index (χ4v) is 3.18. The first-order valence-electron chi connectivity index (χ1n) is 8.35. The fraction of sp³-hybridized carbons (Fsp3) is 0.136. The van der Waals surface area contributed by atoms with Gasteiger partial charge in [-0.3, -0.25) is 5.01 Å². The van der Waals surface area contributed by atoms with Crippen LogP contribution in [0.15, 0.2) is 90.0 Å². The zero-order chi connectivity index (χ0) is 16.4. The summed E-state index contributed by atoms with van der Waals surface area (Å²) < 4.78 is 0. The van der Waals surface area contributed by atoms with Crippen LogP contribution in [0.25, 0.3) is 0 Å². The van der Waals surface area contributed by atoms with Crippen molar-refractivity contribution in [1.82, 2.24) is 0 Å². The number of hydrazone groups is 1. The van der Waals surface area contributed by atoms with Crippen LogP contribution in [0.2, 0.25) is 0 Å². The Labute approximate surface area is 143 Å². The Morgan fingerprint density at radius 1 is 0.792 bits per heavy atom. The molecule has 0 fully saturated rings. The van der Waals surface area contributed by atoms with Crippen molar-refractivity contribution in [3.8, 4) is 0 Å². The second-order valence-corrected chi connectivity index (χ2v) is 6.22. The van der Waals surface area contributed by atoms with E-state index in [2.05, 4.69) is 84.7 Å². The van der Waals surface area contributed by atoms with Crippen LogP contribution in [0.1, 0.15) is 29.2 Å². The molecule has 0 radical (unpaired) electrons. The zero-order valence-electron chi connectivity index (χ0n) is 13.8. The number of rotatable bonds is 3. The molecule has 1 heterocycles. The molecule has 118 valence electrons. The van der Waals surface area contributed by atoms with Crippen molar-refractivity contribution < 1.29 is 0 Å². The van der Waals surface area contributed by atoms with E-state index in [1.54, 1.807) is 0 Å². The molecule has 0 saturated heterocycles. The molecule has 4 rings (SSSR count). The highest BCUT2D eigenvalue weighted by Gasteiger charge is 2.29. The maximum atomic E-state index is 4.96. The Hall–Kier alpha value is -2.87. The van der Waals surface area contributed by atoms with E-state index in [0.717, 1.165) is 17.8 Å². The minimum absolute atomic E-state index is 0.239. The van der Waals surface area contributed by atoms with Gasteiger partial charge in [-0.15, -0.1) is 0 Å². The summed E-state index contributed by atoms with van der Waals surface area (Å²) in [5, 5.41) is 7.12. The standard InChI is InChI=1S/C22H20N2/c1-17-12-14-19(15-13-17)22-16-21(18-8-4-2-5-9-18)23-24(22)20-10-6-3-7-11-20/h2-15,22H,16H2,1H3/t22-/m0/s1. The molecule has 24 heavy (non-hydrogen) atoms. The van der Waals surface area contributed by atoms with Gasteiger partial charge in [-0.05, 0) is 30.2 Å². The summed E-state index contributed by atoms with van der Waals surface area (Å²) in [6.07, 6.45) is 0.919. The van der Waals surface area contributed by atoms with Crippen LogP contribution in [0.4, 0.5) is 5.69 Å². The van der Waals surface area contributed by atoms with Gasteiger partial charge < -0.3 is 0 Å². The van der Waals surface area contributed by atoms with Crippen LogP contribution in [0.5, 0.6) is 0 Å². The largest absolute Gasteiger partial charge is 0.257 e. The van der Waals surface area contributed by atoms with Gasteiger partial charge in [0, 0.05) is 6.42 Å². The lowest BCUT2D eigenvalue weighted by molar-refractivity contribution is 0.709. The molecular formula is C22H20N2. The van der Waals surface area contributed by atoms with Gasteiger partial charge in [0.2, 0.25) is 0 Å². The number of nitrogens with zero attached hydrogens (tertiary/aromatic N) is 2. The van der Waals surface area contributed by atoms with Gasteiger partial charge in [-0.2, -0.15) is 5.10 Å². The van der Waals surface area contributed by atoms with Gasteiger partial charge in [-0.1, -0.05) is 78.4 Å². The Kier molecular flexibility index (Phi) is 3.87. The number of benzene rings is 3. The molecule has 0 aliphatic carbocycles. The molecule has 0 amide bonds. The monoisotopic (exact) mass is 312 g/mol. The fourth-order valence-electron chi connectivity index (χ4n) is 3.18. The third-order valence-electron chi connectivity index (χ3n) is 4.50. The third kappa shape index (κ3) is 2.83. The van der Waals surface area contributed by atoms with Gasteiger partial charge in [0.05, 0.1) is 17.4 Å². The summed E-state index contributed by atoms with van der Waals surface area (Å²) >= 11 is 0. The molecule has 0 spiro atoms. The molecular weight excluding hydrogens is 292 g/mol. The average molecular weight is 312 g/mol. The molecule has 2 heteroatoms. The predicted molar refractivity (Wildman–Crippen MR) is 100 cm³/mol. The summed E-state index contributed by atoms with van der Waals surface area (Å²) in [7, 11) is 0. The van der Waals surface area contributed by atoms with Gasteiger partial charge >= 0.3 is 0 Å². The number of hydrogen-bond donors (Lipinski definition) is 0. The van der Waals surface area contributed by atoms with E-state index in [4.69, 9.17) is 5.10 Å². The van der Waals surface area contributed by atoms with E-state index >= 15 is 0 Å². The Morgan fingerprint density at radius 3 is 2.08 bits per heavy atom. The van der Waals surface area contributed by atoms with E-state index in [0.29, 0.717) is 0 Å². The normalized spacial score (nSPS) is 17.0. The molecule has 1 aliphatic rings. The van der Waals surface area contributed by atoms with Crippen molar-refractivity contribution in [2.24, 2.45) is 5.10 Å². The summed E-state index contributed by atoms with van der Waals surface area (Å²) in [4.78, 5) is 0. The molecule has 3 aromatic carbocycles. The SMILES string of the molecule is Cc1ccc([C@@H]2CC(c3ccccc3)=NN2c2ccccc2)cc1. The van der Waals surface area contributed by atoms with Crippen molar-refractivity contribution in [2.45, 2.75) is 19.4 Å². The number of anilines is 1. The molecule has 1 aliphatic heterocycles. The van der Waals surface area contributed by atoms with Crippen LogP contribution in [0, 0.1) is 6.92 Å². The van der Waals surface area contributed by atoms with Crippen LogP contribution in [0.3, 0.4) is 0 Å². The lowest BCUT2D eigenvalue weighted by Gasteiger charge is -2.24. The van der Waals surface area contributed by atoms with E-state index in [-0.39, 0.29) is 6.04 Å². The summed E-state index contributed by atoms with van der Waals surface area (Å²) in [6.45, 7) is 2.12. The van der Waals surface area contributed by atoms with Crippen molar-refractivity contribution in [3.05, 3.63) is 102 Å². The van der Waals surface area contributed by atoms with Crippen LogP contribution in [-0.2, 0) is 0 Å². The first-order valence-corrected chi connectivity index (χ1v) is 8.35. The van der Waals surface area contributed by atoms with E-state index in [9.17, 15) is 0 Å². The van der Waals surface area contributed by atoms with Gasteiger partial charge in [0.1, 0.15) is 0 Å². The van der Waals surface area contributed by atoms with Crippen molar-refractivity contribution in [1.29, 1.82) is 0 Å². The van der Waals surface area contributed by atoms with Crippen LogP contribution >= 0.6 is 0 Å². The molecule has 0 unspecified atom stereocenters. The number of hydrogen-bond acceptors (Lipinski definition) is 2. The lowest BCUT2D eigenvalue weighted by atomic mass is 9.97. The number of para-hydroxylation sites is 1. The van der Waals surface area contributed by atoms with Crippen molar-refractivity contribution >= 4 is 11.4 Å². The van der Waals surface area contributed by atoms with E-state index < -0.39 is 0 Å². The highest BCUT2D eigenvalue weighted by atomic mass is 15.5. The van der Waals surface area contributed by atoms with Gasteiger partial charge in [-0.25, -0.2) is 0 Å². The second-order valence-electron chi connectivity index (χ2n) is 6.22. The first-order chi connectivity index (χ1) is 11.8. The first kappa shape index (κ1) is 14.7. The second kappa shape index (κ2) is 6.32. The zero-order valence-corrected chi connectivity index (χ0v) is 13.8. The summed E-state index contributed by atoms with van der Waals surface area (Å²) in [5.41, 5.74) is 6.07. The minimum Gasteiger partial charge on any atom is -0.257 e. The van der Waals surface area contributed by atoms with Gasteiger partial charge in [0.25, 0.3) is 0 Å². The third-order valence-corrected chi connectivity index (χ3v) is 4.50. The minimum atomic E-state index is 0.239. The maximum Gasteiger partial charge on any atom is 0.0831 e. The van der Waals surface area contributed by atoms with E-state index in [1.807, 2.05) is 12.1 Å². The Morgan fingerprint density at radius 2 is 1.42 bits per heavy atom. The Balaban J connectivity index is 1.74. The van der Waals surface area contributed by atoms with Crippen molar-refractivity contribution in [2.75, 3.05) is 5.01 Å². The molecule has 0 bridgehead atoms. The molecule has 0 aromatic heterocycles. The Bertz CT molecular complexity index is 836. The van der Waals surface area contributed by atoms with Gasteiger partial charge in [0.15, 0.2) is 0 Å². The molecule has 1 atom stereocenters. The molecule has 0 N–H and O–H groups in total. The molecule has 3 aromatic rings. The lowest BCUT2D eigenvalue weighted by Crippen LogP contribution is -2.18.